The predicted octanol–water partition coefficient (Wildman–Crippen LogP) is 9.53. The standard InChI is InChI=1S/C34H56O6/c1-8-11-14-17-20-25(4)32(35)38-29-23-30(39-33(36)26(5)21-18-15-12-9-2)28(7)31(24-29)40-34(37)27(6)22-19-16-13-10-3/h23-27H,8-22H2,1-7H3. The lowest BCUT2D eigenvalue weighted by atomic mass is 10.0. The molecule has 0 radical (unpaired) electrons. The number of hydrogen-bond donors (Lipinski definition) is 0. The lowest BCUT2D eigenvalue weighted by Gasteiger charge is -2.18. The van der Waals surface area contributed by atoms with Crippen LogP contribution >= 0.6 is 0 Å². The van der Waals surface area contributed by atoms with Crippen LogP contribution in [0.5, 0.6) is 17.2 Å². The minimum atomic E-state index is -0.344. The van der Waals surface area contributed by atoms with Crippen molar-refractivity contribution < 1.29 is 28.6 Å². The van der Waals surface area contributed by atoms with Crippen molar-refractivity contribution in [1.82, 2.24) is 0 Å². The van der Waals surface area contributed by atoms with Crippen LogP contribution in [0.4, 0.5) is 0 Å². The van der Waals surface area contributed by atoms with Gasteiger partial charge >= 0.3 is 17.9 Å². The first kappa shape index (κ1) is 35.7. The van der Waals surface area contributed by atoms with Crippen molar-refractivity contribution >= 4 is 17.9 Å². The molecule has 0 saturated carbocycles. The summed E-state index contributed by atoms with van der Waals surface area (Å²) in [6.45, 7) is 13.8. The van der Waals surface area contributed by atoms with Gasteiger partial charge in [-0.2, -0.15) is 0 Å². The van der Waals surface area contributed by atoms with E-state index in [2.05, 4.69) is 20.8 Å². The summed E-state index contributed by atoms with van der Waals surface area (Å²) < 4.78 is 17.3. The Bertz CT molecular complexity index is 839. The molecule has 0 heterocycles. The minimum Gasteiger partial charge on any atom is -0.426 e. The van der Waals surface area contributed by atoms with Crippen molar-refractivity contribution in [3.8, 4) is 17.2 Å². The van der Waals surface area contributed by atoms with Crippen LogP contribution in [0.1, 0.15) is 143 Å². The fraction of sp³-hybridized carbons (Fsp3) is 0.735. The molecule has 0 fully saturated rings. The van der Waals surface area contributed by atoms with E-state index in [1.54, 1.807) is 19.1 Å². The fourth-order valence-corrected chi connectivity index (χ4v) is 4.53. The second kappa shape index (κ2) is 20.5. The summed E-state index contributed by atoms with van der Waals surface area (Å²) in [4.78, 5) is 38.7. The van der Waals surface area contributed by atoms with E-state index in [4.69, 9.17) is 14.2 Å². The maximum absolute atomic E-state index is 12.9. The molecule has 0 N–H and O–H groups in total. The number of carbonyl (C=O) groups excluding carboxylic acids is 3. The van der Waals surface area contributed by atoms with Gasteiger partial charge in [0.2, 0.25) is 0 Å². The number of carbonyl (C=O) groups is 3. The second-order valence-corrected chi connectivity index (χ2v) is 11.6. The molecule has 0 saturated heterocycles. The summed E-state index contributed by atoms with van der Waals surface area (Å²) >= 11 is 0. The van der Waals surface area contributed by atoms with E-state index in [1.165, 1.54) is 0 Å². The largest absolute Gasteiger partial charge is 0.426 e. The maximum atomic E-state index is 12.9. The highest BCUT2D eigenvalue weighted by atomic mass is 16.6. The molecule has 0 amide bonds. The summed E-state index contributed by atoms with van der Waals surface area (Å²) in [5.74, 6) is -1.09. The van der Waals surface area contributed by atoms with Gasteiger partial charge in [-0.15, -0.1) is 0 Å². The zero-order valence-corrected chi connectivity index (χ0v) is 26.4. The molecule has 3 unspecified atom stereocenters. The number of ether oxygens (including phenoxy) is 3. The average Bonchev–Trinajstić information content (AvgIpc) is 2.93. The van der Waals surface area contributed by atoms with Crippen LogP contribution in [-0.2, 0) is 14.4 Å². The summed E-state index contributed by atoms with van der Waals surface area (Å²) in [6, 6.07) is 3.12. The molecule has 0 aliphatic carbocycles. The Morgan fingerprint density at radius 1 is 0.550 bits per heavy atom. The van der Waals surface area contributed by atoms with Gasteiger partial charge in [-0.3, -0.25) is 14.4 Å². The third-order valence-electron chi connectivity index (χ3n) is 7.60. The van der Waals surface area contributed by atoms with Gasteiger partial charge in [0, 0.05) is 17.7 Å². The number of esters is 3. The summed E-state index contributed by atoms with van der Waals surface area (Å²) in [5, 5.41) is 0. The lowest BCUT2D eigenvalue weighted by molar-refractivity contribution is -0.139. The molecule has 1 rings (SSSR count). The van der Waals surface area contributed by atoms with Gasteiger partial charge in [0.15, 0.2) is 0 Å². The van der Waals surface area contributed by atoms with Gasteiger partial charge in [-0.1, -0.05) is 119 Å². The van der Waals surface area contributed by atoms with Crippen LogP contribution < -0.4 is 14.2 Å². The Morgan fingerprint density at radius 3 is 1.20 bits per heavy atom. The van der Waals surface area contributed by atoms with Crippen molar-refractivity contribution in [3.05, 3.63) is 17.7 Å². The molecule has 228 valence electrons. The first-order valence-electron chi connectivity index (χ1n) is 15.9. The molecule has 0 bridgehead atoms. The number of unbranched alkanes of at least 4 members (excludes halogenated alkanes) is 9. The molecule has 6 heteroatoms. The Hall–Kier alpha value is -2.37. The molecule has 1 aromatic rings. The molecule has 1 aromatic carbocycles. The van der Waals surface area contributed by atoms with E-state index in [-0.39, 0.29) is 52.9 Å². The van der Waals surface area contributed by atoms with Crippen LogP contribution in [0.2, 0.25) is 0 Å². The first-order chi connectivity index (χ1) is 19.1. The van der Waals surface area contributed by atoms with E-state index < -0.39 is 0 Å². The summed E-state index contributed by atoms with van der Waals surface area (Å²) in [5.41, 5.74) is 0.533. The van der Waals surface area contributed by atoms with Crippen LogP contribution in [0.15, 0.2) is 12.1 Å². The molecule has 0 spiro atoms. The van der Waals surface area contributed by atoms with Gasteiger partial charge in [-0.05, 0) is 26.2 Å². The Balaban J connectivity index is 3.06. The van der Waals surface area contributed by atoms with Crippen molar-refractivity contribution in [2.75, 3.05) is 0 Å². The molecule has 40 heavy (non-hydrogen) atoms. The molecule has 6 nitrogen and oxygen atoms in total. The third-order valence-corrected chi connectivity index (χ3v) is 7.60. The highest BCUT2D eigenvalue weighted by molar-refractivity contribution is 5.79. The quantitative estimate of drug-likeness (QED) is 0.0846. The van der Waals surface area contributed by atoms with Crippen LogP contribution in [0.25, 0.3) is 0 Å². The van der Waals surface area contributed by atoms with Crippen LogP contribution in [-0.4, -0.2) is 17.9 Å². The second-order valence-electron chi connectivity index (χ2n) is 11.6. The molecule has 0 aromatic heterocycles. The average molecular weight is 561 g/mol. The zero-order chi connectivity index (χ0) is 29.9. The SMILES string of the molecule is CCCCCCC(C)C(=O)Oc1cc(OC(=O)C(C)CCCCCC)c(C)c(OC(=O)C(C)CCCCCC)c1. The van der Waals surface area contributed by atoms with Crippen molar-refractivity contribution in [2.24, 2.45) is 17.8 Å². The third kappa shape index (κ3) is 13.8. The summed E-state index contributed by atoms with van der Waals surface area (Å²) in [7, 11) is 0. The topological polar surface area (TPSA) is 78.9 Å². The normalized spacial score (nSPS) is 13.4. The van der Waals surface area contributed by atoms with Gasteiger partial charge in [-0.25, -0.2) is 0 Å². The Kier molecular flexibility index (Phi) is 18.3. The van der Waals surface area contributed by atoms with Crippen molar-refractivity contribution in [1.29, 1.82) is 0 Å². The Morgan fingerprint density at radius 2 is 0.875 bits per heavy atom. The fourth-order valence-electron chi connectivity index (χ4n) is 4.53. The van der Waals surface area contributed by atoms with Crippen molar-refractivity contribution in [3.63, 3.8) is 0 Å². The molecule has 3 atom stereocenters. The monoisotopic (exact) mass is 560 g/mol. The highest BCUT2D eigenvalue weighted by Gasteiger charge is 2.23. The van der Waals surface area contributed by atoms with Gasteiger partial charge < -0.3 is 14.2 Å². The summed E-state index contributed by atoms with van der Waals surface area (Å²) in [6.07, 6.45) is 15.3. The highest BCUT2D eigenvalue weighted by Crippen LogP contribution is 2.35. The Labute approximate surface area is 243 Å². The van der Waals surface area contributed by atoms with Gasteiger partial charge in [0.1, 0.15) is 17.2 Å². The number of hydrogen-bond acceptors (Lipinski definition) is 6. The molecular weight excluding hydrogens is 504 g/mol. The number of rotatable bonds is 21. The molecule has 0 aliphatic rings. The number of benzene rings is 1. The zero-order valence-electron chi connectivity index (χ0n) is 26.4. The van der Waals surface area contributed by atoms with E-state index in [0.29, 0.717) is 5.56 Å². The van der Waals surface area contributed by atoms with Gasteiger partial charge in [0.05, 0.1) is 17.8 Å². The van der Waals surface area contributed by atoms with E-state index in [9.17, 15) is 14.4 Å². The molecular formula is C34H56O6. The lowest BCUT2D eigenvalue weighted by Crippen LogP contribution is -2.21. The molecule has 0 aliphatic heterocycles. The van der Waals surface area contributed by atoms with E-state index in [0.717, 1.165) is 96.3 Å². The van der Waals surface area contributed by atoms with Gasteiger partial charge in [0.25, 0.3) is 0 Å². The smallest absolute Gasteiger partial charge is 0.314 e. The minimum absolute atomic E-state index is 0.216. The van der Waals surface area contributed by atoms with Crippen LogP contribution in [0, 0.1) is 24.7 Å². The first-order valence-corrected chi connectivity index (χ1v) is 15.9. The van der Waals surface area contributed by atoms with Crippen molar-refractivity contribution in [2.45, 2.75) is 145 Å². The van der Waals surface area contributed by atoms with Crippen LogP contribution in [0.3, 0.4) is 0 Å². The predicted molar refractivity (Wildman–Crippen MR) is 162 cm³/mol. The van der Waals surface area contributed by atoms with E-state index in [1.807, 2.05) is 20.8 Å². The maximum Gasteiger partial charge on any atom is 0.314 e. The van der Waals surface area contributed by atoms with E-state index >= 15 is 0 Å².